The van der Waals surface area contributed by atoms with Crippen molar-refractivity contribution in [3.63, 3.8) is 0 Å². The first kappa shape index (κ1) is 18.8. The molecule has 1 aromatic heterocycles. The van der Waals surface area contributed by atoms with Crippen LogP contribution in [0.2, 0.25) is 0 Å². The third kappa shape index (κ3) is 5.54. The van der Waals surface area contributed by atoms with Crippen molar-refractivity contribution in [2.45, 2.75) is 32.2 Å². The number of benzene rings is 1. The van der Waals surface area contributed by atoms with E-state index in [0.717, 1.165) is 35.1 Å². The van der Waals surface area contributed by atoms with E-state index >= 15 is 0 Å². The van der Waals surface area contributed by atoms with Crippen LogP contribution in [0.1, 0.15) is 30.7 Å². The summed E-state index contributed by atoms with van der Waals surface area (Å²) in [5.74, 6) is 0.799. The van der Waals surface area contributed by atoms with Gasteiger partial charge in [0.1, 0.15) is 10.0 Å². The Balaban J connectivity index is 0.00000208. The molecule has 2 heterocycles. The molecular formula is C17H23ClN4OS. The molecule has 0 saturated carbocycles. The number of hydrogen-bond donors (Lipinski definition) is 2. The maximum atomic E-state index is 12.0. The molecule has 1 saturated heterocycles. The van der Waals surface area contributed by atoms with Crippen LogP contribution in [0.15, 0.2) is 30.3 Å². The van der Waals surface area contributed by atoms with Crippen LogP contribution < -0.4 is 10.6 Å². The van der Waals surface area contributed by atoms with Crippen LogP contribution in [-0.4, -0.2) is 29.2 Å². The zero-order valence-corrected chi connectivity index (χ0v) is 15.2. The number of nitrogens with one attached hydrogen (secondary N) is 2. The van der Waals surface area contributed by atoms with Gasteiger partial charge in [-0.05, 0) is 38.3 Å². The van der Waals surface area contributed by atoms with Crippen molar-refractivity contribution in [1.82, 2.24) is 20.8 Å². The Hall–Kier alpha value is -1.50. The lowest BCUT2D eigenvalue weighted by Crippen LogP contribution is -2.29. The van der Waals surface area contributed by atoms with Gasteiger partial charge < -0.3 is 10.6 Å². The Morgan fingerprint density at radius 3 is 2.71 bits per heavy atom. The number of amides is 1. The van der Waals surface area contributed by atoms with Crippen molar-refractivity contribution in [3.8, 4) is 10.6 Å². The lowest BCUT2D eigenvalue weighted by Gasteiger charge is -2.22. The molecule has 2 aromatic rings. The zero-order chi connectivity index (χ0) is 15.9. The summed E-state index contributed by atoms with van der Waals surface area (Å²) in [6.45, 7) is 2.63. The second kappa shape index (κ2) is 9.71. The zero-order valence-electron chi connectivity index (χ0n) is 13.5. The minimum Gasteiger partial charge on any atom is -0.350 e. The van der Waals surface area contributed by atoms with Crippen molar-refractivity contribution in [2.75, 3.05) is 13.1 Å². The van der Waals surface area contributed by atoms with Gasteiger partial charge in [-0.15, -0.1) is 22.6 Å². The predicted molar refractivity (Wildman–Crippen MR) is 99.3 cm³/mol. The molecule has 130 valence electrons. The van der Waals surface area contributed by atoms with E-state index < -0.39 is 0 Å². The molecule has 7 heteroatoms. The van der Waals surface area contributed by atoms with Crippen LogP contribution in [0.5, 0.6) is 0 Å². The quantitative estimate of drug-likeness (QED) is 0.824. The number of hydrogen-bond acceptors (Lipinski definition) is 5. The minimum atomic E-state index is 0. The van der Waals surface area contributed by atoms with Crippen LogP contribution in [0, 0.1) is 5.92 Å². The number of aromatic nitrogens is 2. The van der Waals surface area contributed by atoms with Crippen molar-refractivity contribution >= 4 is 29.7 Å². The SMILES string of the molecule is Cl.O=C(CCC1CCNCC1)NCc1nnc(-c2ccccc2)s1. The summed E-state index contributed by atoms with van der Waals surface area (Å²) < 4.78 is 0. The van der Waals surface area contributed by atoms with Crippen LogP contribution in [0.4, 0.5) is 0 Å². The van der Waals surface area contributed by atoms with Crippen LogP contribution >= 0.6 is 23.7 Å². The van der Waals surface area contributed by atoms with Gasteiger partial charge in [-0.2, -0.15) is 0 Å². The summed E-state index contributed by atoms with van der Waals surface area (Å²) in [7, 11) is 0. The standard InChI is InChI=1S/C17H22N4OS.ClH/c22-15(7-6-13-8-10-18-11-9-13)19-12-16-20-21-17(23-16)14-4-2-1-3-5-14;/h1-5,13,18H,6-12H2,(H,19,22);1H. The van der Waals surface area contributed by atoms with Gasteiger partial charge in [0.05, 0.1) is 6.54 Å². The molecule has 5 nitrogen and oxygen atoms in total. The van der Waals surface area contributed by atoms with Gasteiger partial charge in [-0.1, -0.05) is 41.7 Å². The number of nitrogens with zero attached hydrogens (tertiary/aromatic N) is 2. The van der Waals surface area contributed by atoms with Crippen molar-refractivity contribution in [3.05, 3.63) is 35.3 Å². The van der Waals surface area contributed by atoms with Crippen molar-refractivity contribution in [2.24, 2.45) is 5.92 Å². The number of halogens is 1. The maximum Gasteiger partial charge on any atom is 0.220 e. The fourth-order valence-electron chi connectivity index (χ4n) is 2.79. The highest BCUT2D eigenvalue weighted by molar-refractivity contribution is 7.14. The van der Waals surface area contributed by atoms with Gasteiger partial charge in [-0.25, -0.2) is 0 Å². The topological polar surface area (TPSA) is 66.9 Å². The first-order valence-corrected chi connectivity index (χ1v) is 8.98. The van der Waals surface area contributed by atoms with E-state index in [9.17, 15) is 4.79 Å². The van der Waals surface area contributed by atoms with Crippen molar-refractivity contribution < 1.29 is 4.79 Å². The Labute approximate surface area is 152 Å². The molecule has 0 atom stereocenters. The van der Waals surface area contributed by atoms with Gasteiger partial charge in [0.25, 0.3) is 0 Å². The summed E-state index contributed by atoms with van der Waals surface area (Å²) in [4.78, 5) is 12.0. The molecule has 0 bridgehead atoms. The Morgan fingerprint density at radius 2 is 1.96 bits per heavy atom. The van der Waals surface area contributed by atoms with E-state index in [1.165, 1.54) is 24.2 Å². The molecule has 3 rings (SSSR count). The average molecular weight is 367 g/mol. The third-order valence-corrected chi connectivity index (χ3v) is 5.14. The van der Waals surface area contributed by atoms with E-state index in [0.29, 0.717) is 18.9 Å². The van der Waals surface area contributed by atoms with E-state index in [4.69, 9.17) is 0 Å². The van der Waals surface area contributed by atoms with Crippen molar-refractivity contribution in [1.29, 1.82) is 0 Å². The lowest BCUT2D eigenvalue weighted by atomic mass is 9.93. The van der Waals surface area contributed by atoms with Gasteiger partial charge in [0, 0.05) is 12.0 Å². The third-order valence-electron chi connectivity index (χ3n) is 4.16. The van der Waals surface area contributed by atoms with E-state index in [1.54, 1.807) is 0 Å². The molecule has 0 aliphatic carbocycles. The summed E-state index contributed by atoms with van der Waals surface area (Å²) >= 11 is 1.53. The molecule has 0 spiro atoms. The van der Waals surface area contributed by atoms with E-state index in [1.807, 2.05) is 30.3 Å². The van der Waals surface area contributed by atoms with E-state index in [-0.39, 0.29) is 18.3 Å². The second-order valence-corrected chi connectivity index (χ2v) is 6.94. The fraction of sp³-hybridized carbons (Fsp3) is 0.471. The summed E-state index contributed by atoms with van der Waals surface area (Å²) in [6, 6.07) is 9.98. The molecule has 0 radical (unpaired) electrons. The highest BCUT2D eigenvalue weighted by Crippen LogP contribution is 2.23. The molecule has 24 heavy (non-hydrogen) atoms. The fourth-order valence-corrected chi connectivity index (χ4v) is 3.58. The minimum absolute atomic E-state index is 0. The molecule has 1 aliphatic rings. The Morgan fingerprint density at radius 1 is 1.21 bits per heavy atom. The van der Waals surface area contributed by atoms with Gasteiger partial charge in [0.2, 0.25) is 5.91 Å². The number of carbonyl (C=O) groups is 1. The molecule has 1 aromatic carbocycles. The molecule has 2 N–H and O–H groups in total. The normalized spacial score (nSPS) is 14.8. The molecule has 0 unspecified atom stereocenters. The number of carbonyl (C=O) groups excluding carboxylic acids is 1. The Bertz CT molecular complexity index is 629. The largest absolute Gasteiger partial charge is 0.350 e. The predicted octanol–water partition coefficient (Wildman–Crippen LogP) is 3.02. The average Bonchev–Trinajstić information content (AvgIpc) is 3.09. The van der Waals surface area contributed by atoms with Gasteiger partial charge in [0.15, 0.2) is 0 Å². The first-order valence-electron chi connectivity index (χ1n) is 8.16. The highest BCUT2D eigenvalue weighted by Gasteiger charge is 2.14. The number of rotatable bonds is 6. The van der Waals surface area contributed by atoms with E-state index in [2.05, 4.69) is 20.8 Å². The first-order chi connectivity index (χ1) is 11.3. The lowest BCUT2D eigenvalue weighted by molar-refractivity contribution is -0.121. The summed E-state index contributed by atoms with van der Waals surface area (Å²) in [5.41, 5.74) is 1.06. The Kier molecular flexibility index (Phi) is 7.62. The second-order valence-electron chi connectivity index (χ2n) is 5.88. The molecular weight excluding hydrogens is 344 g/mol. The smallest absolute Gasteiger partial charge is 0.220 e. The van der Waals surface area contributed by atoms with Crippen LogP contribution in [-0.2, 0) is 11.3 Å². The number of piperidine rings is 1. The van der Waals surface area contributed by atoms with Gasteiger partial charge in [-0.3, -0.25) is 4.79 Å². The van der Waals surface area contributed by atoms with Crippen LogP contribution in [0.3, 0.4) is 0 Å². The van der Waals surface area contributed by atoms with Gasteiger partial charge >= 0.3 is 0 Å². The molecule has 1 aliphatic heterocycles. The maximum absolute atomic E-state index is 12.0. The molecule has 1 amide bonds. The summed E-state index contributed by atoms with van der Waals surface area (Å²) in [6.07, 6.45) is 3.96. The molecule has 1 fully saturated rings. The van der Waals surface area contributed by atoms with Crippen LogP contribution in [0.25, 0.3) is 10.6 Å². The highest BCUT2D eigenvalue weighted by atomic mass is 35.5. The summed E-state index contributed by atoms with van der Waals surface area (Å²) in [5, 5.41) is 16.4. The monoisotopic (exact) mass is 366 g/mol.